The lowest BCUT2D eigenvalue weighted by atomic mass is 10.2. The molecule has 0 radical (unpaired) electrons. The van der Waals surface area contributed by atoms with Crippen molar-refractivity contribution in [2.24, 2.45) is 0 Å². The zero-order chi connectivity index (χ0) is 14.4. The zero-order valence-electron chi connectivity index (χ0n) is 11.0. The molecule has 0 spiro atoms. The summed E-state index contributed by atoms with van der Waals surface area (Å²) in [6.45, 7) is 0. The Hall–Kier alpha value is -1.54. The van der Waals surface area contributed by atoms with Gasteiger partial charge < -0.3 is 0 Å². The molecular weight excluding hydrogens is 319 g/mol. The molecule has 3 heteroatoms. The van der Waals surface area contributed by atoms with Crippen LogP contribution in [0.3, 0.4) is 0 Å². The molecule has 0 aliphatic carbocycles. The van der Waals surface area contributed by atoms with E-state index in [2.05, 4.69) is 54.6 Å². The molecule has 21 heavy (non-hydrogen) atoms. The van der Waals surface area contributed by atoms with Gasteiger partial charge in [-0.2, -0.15) is 0 Å². The maximum Gasteiger partial charge on any atom is 0.187 e. The van der Waals surface area contributed by atoms with Gasteiger partial charge in [0.15, 0.2) is 14.3 Å². The summed E-state index contributed by atoms with van der Waals surface area (Å²) in [5.41, 5.74) is 0. The van der Waals surface area contributed by atoms with E-state index in [-0.39, 0.29) is 10.5 Å². The molecule has 0 fully saturated rings. The maximum absolute atomic E-state index is 6.22. The van der Waals surface area contributed by atoms with Crippen LogP contribution in [0.4, 0.5) is 0 Å². The summed E-state index contributed by atoms with van der Waals surface area (Å²) in [6.07, 6.45) is 0. The van der Waals surface area contributed by atoms with Gasteiger partial charge in [0.1, 0.15) is 0 Å². The molecule has 102 valence electrons. The highest BCUT2D eigenvalue weighted by Gasteiger charge is 2.23. The first-order valence-electron chi connectivity index (χ1n) is 6.63. The average molecular weight is 330 g/mol. The van der Waals surface area contributed by atoms with Crippen LogP contribution in [0.15, 0.2) is 66.7 Å². The number of benzene rings is 3. The van der Waals surface area contributed by atoms with E-state index in [0.29, 0.717) is 10.0 Å². The third kappa shape index (κ3) is 2.04. The molecule has 0 N–H and O–H groups in total. The van der Waals surface area contributed by atoms with Crippen molar-refractivity contribution in [3.63, 3.8) is 0 Å². The van der Waals surface area contributed by atoms with Crippen LogP contribution < -0.4 is 0 Å². The second-order valence-corrected chi connectivity index (χ2v) is 7.65. The van der Waals surface area contributed by atoms with E-state index in [1.807, 2.05) is 12.1 Å². The Morgan fingerprint density at radius 3 is 1.76 bits per heavy atom. The fourth-order valence-corrected chi connectivity index (χ4v) is 5.48. The van der Waals surface area contributed by atoms with Crippen molar-refractivity contribution < 1.29 is 0 Å². The fraction of sp³-hybridized carbons (Fsp3) is 0. The molecule has 0 nitrogen and oxygen atoms in total. The summed E-state index contributed by atoms with van der Waals surface area (Å²) >= 11 is 12.3. The molecule has 0 atom stereocenters. The quantitative estimate of drug-likeness (QED) is 0.328. The van der Waals surface area contributed by atoms with E-state index in [9.17, 15) is 0 Å². The van der Waals surface area contributed by atoms with Crippen molar-refractivity contribution in [1.82, 2.24) is 0 Å². The first kappa shape index (κ1) is 13.1. The Morgan fingerprint density at radius 1 is 0.619 bits per heavy atom. The van der Waals surface area contributed by atoms with Crippen LogP contribution in [-0.4, -0.2) is 0 Å². The third-order valence-electron chi connectivity index (χ3n) is 3.63. The lowest BCUT2D eigenvalue weighted by Crippen LogP contribution is -1.73. The number of fused-ring (bicyclic) bond motifs is 3. The molecular formula is C18H11Cl2S+. The van der Waals surface area contributed by atoms with E-state index in [1.165, 1.54) is 25.1 Å². The molecule has 3 aromatic carbocycles. The Kier molecular flexibility index (Phi) is 3.15. The Balaban J connectivity index is 2.17. The van der Waals surface area contributed by atoms with Gasteiger partial charge in [-0.25, -0.2) is 0 Å². The van der Waals surface area contributed by atoms with Gasteiger partial charge in [-0.1, -0.05) is 47.5 Å². The topological polar surface area (TPSA) is 0 Å². The molecule has 0 unspecified atom stereocenters. The van der Waals surface area contributed by atoms with Gasteiger partial charge in [-0.15, -0.1) is 0 Å². The SMILES string of the molecule is Clc1ccc(-[s+]2c3ccccc3c3ccccc32)cc1Cl. The predicted molar refractivity (Wildman–Crippen MR) is 95.3 cm³/mol. The molecule has 0 saturated heterocycles. The van der Waals surface area contributed by atoms with Gasteiger partial charge in [-0.05, 0) is 36.4 Å². The molecule has 0 saturated carbocycles. The minimum atomic E-state index is -0.102. The Morgan fingerprint density at radius 2 is 1.19 bits per heavy atom. The molecule has 0 amide bonds. The van der Waals surface area contributed by atoms with Crippen LogP contribution in [0.1, 0.15) is 0 Å². The fourth-order valence-electron chi connectivity index (χ4n) is 2.71. The number of hydrogen-bond donors (Lipinski definition) is 0. The minimum Gasteiger partial charge on any atom is -0.0827 e. The van der Waals surface area contributed by atoms with Gasteiger partial charge in [0.2, 0.25) is 0 Å². The van der Waals surface area contributed by atoms with Crippen molar-refractivity contribution in [2.45, 2.75) is 0 Å². The summed E-state index contributed by atoms with van der Waals surface area (Å²) in [5.74, 6) is 0. The van der Waals surface area contributed by atoms with Crippen LogP contribution in [0, 0.1) is 0 Å². The second kappa shape index (κ2) is 5.03. The average Bonchev–Trinajstić information content (AvgIpc) is 2.85. The molecule has 0 bridgehead atoms. The standard InChI is InChI=1S/C18H11Cl2S/c19-15-10-9-12(11-16(15)20)21-17-7-3-1-5-13(17)14-6-2-4-8-18(14)21/h1-11H/q+1. The highest BCUT2D eigenvalue weighted by Crippen LogP contribution is 2.48. The molecule has 0 aliphatic rings. The van der Waals surface area contributed by atoms with Gasteiger partial charge >= 0.3 is 0 Å². The second-order valence-electron chi connectivity index (χ2n) is 4.87. The maximum atomic E-state index is 6.22. The van der Waals surface area contributed by atoms with E-state index in [4.69, 9.17) is 23.2 Å². The van der Waals surface area contributed by atoms with E-state index < -0.39 is 0 Å². The first-order chi connectivity index (χ1) is 10.3. The normalized spacial score (nSPS) is 11.3. The van der Waals surface area contributed by atoms with Crippen LogP contribution in [0.2, 0.25) is 10.0 Å². The Bertz CT molecular complexity index is 916. The molecule has 4 rings (SSSR count). The van der Waals surface area contributed by atoms with Gasteiger partial charge in [-0.3, -0.25) is 0 Å². The van der Waals surface area contributed by atoms with E-state index in [1.54, 1.807) is 0 Å². The Labute approximate surface area is 135 Å². The lowest BCUT2D eigenvalue weighted by molar-refractivity contribution is 1.75. The van der Waals surface area contributed by atoms with Gasteiger partial charge in [0, 0.05) is 27.3 Å². The molecule has 0 aliphatic heterocycles. The third-order valence-corrected chi connectivity index (χ3v) is 6.69. The van der Waals surface area contributed by atoms with Crippen molar-refractivity contribution in [3.05, 3.63) is 76.8 Å². The van der Waals surface area contributed by atoms with Crippen LogP contribution in [0.25, 0.3) is 25.1 Å². The summed E-state index contributed by atoms with van der Waals surface area (Å²) in [5, 5.41) is 3.86. The lowest BCUT2D eigenvalue weighted by Gasteiger charge is -1.96. The summed E-state index contributed by atoms with van der Waals surface area (Å²) < 4.78 is 2.72. The minimum absolute atomic E-state index is 0.102. The number of rotatable bonds is 1. The zero-order valence-corrected chi connectivity index (χ0v) is 13.3. The van der Waals surface area contributed by atoms with Gasteiger partial charge in [0.05, 0.1) is 10.0 Å². The monoisotopic (exact) mass is 329 g/mol. The van der Waals surface area contributed by atoms with Crippen molar-refractivity contribution >= 4 is 53.8 Å². The van der Waals surface area contributed by atoms with Crippen LogP contribution in [-0.2, 0) is 0 Å². The molecule has 4 aromatic rings. The summed E-state index contributed by atoms with van der Waals surface area (Å²) in [4.78, 5) is 1.21. The predicted octanol–water partition coefficient (Wildman–Crippen LogP) is 7.04. The number of thiophene rings is 1. The first-order valence-corrected chi connectivity index (χ1v) is 8.61. The smallest absolute Gasteiger partial charge is 0.0827 e. The largest absolute Gasteiger partial charge is 0.187 e. The van der Waals surface area contributed by atoms with Crippen molar-refractivity contribution in [3.8, 4) is 4.90 Å². The summed E-state index contributed by atoms with van der Waals surface area (Å²) in [6, 6.07) is 23.1. The highest BCUT2D eigenvalue weighted by atomic mass is 35.5. The van der Waals surface area contributed by atoms with Crippen molar-refractivity contribution in [2.75, 3.05) is 0 Å². The van der Waals surface area contributed by atoms with Crippen molar-refractivity contribution in [1.29, 1.82) is 0 Å². The number of hydrogen-bond acceptors (Lipinski definition) is 0. The number of halogens is 2. The molecule has 1 aromatic heterocycles. The highest BCUT2D eigenvalue weighted by molar-refractivity contribution is 7.50. The molecule has 1 heterocycles. The van der Waals surface area contributed by atoms with E-state index >= 15 is 0 Å². The van der Waals surface area contributed by atoms with E-state index in [0.717, 1.165) is 0 Å². The van der Waals surface area contributed by atoms with Crippen LogP contribution >= 0.6 is 33.7 Å². The van der Waals surface area contributed by atoms with Crippen LogP contribution in [0.5, 0.6) is 0 Å². The van der Waals surface area contributed by atoms with Gasteiger partial charge in [0.25, 0.3) is 0 Å². The summed E-state index contributed by atoms with van der Waals surface area (Å²) in [7, 11) is -0.102.